The van der Waals surface area contributed by atoms with E-state index in [1.807, 2.05) is 37.3 Å². The molecule has 7 heteroatoms. The van der Waals surface area contributed by atoms with Gasteiger partial charge in [0.2, 0.25) is 5.91 Å². The quantitative estimate of drug-likeness (QED) is 0.270. The molecule has 0 atom stereocenters. The number of carbonyl (C=O) groups is 2. The van der Waals surface area contributed by atoms with Crippen molar-refractivity contribution >= 4 is 34.5 Å². The molecule has 2 N–H and O–H groups in total. The number of para-hydroxylation sites is 1. The maximum atomic E-state index is 12.5. The van der Waals surface area contributed by atoms with E-state index in [2.05, 4.69) is 45.7 Å². The molecule has 0 aliphatic heterocycles. The molecule has 4 rings (SSSR count). The molecule has 0 bridgehead atoms. The van der Waals surface area contributed by atoms with Crippen LogP contribution in [0.2, 0.25) is 0 Å². The molecule has 0 fully saturated rings. The van der Waals surface area contributed by atoms with Crippen molar-refractivity contribution in [1.82, 2.24) is 15.2 Å². The Bertz CT molecular complexity index is 1290. The molecular weight excluding hydrogens is 470 g/mol. The molecule has 2 amide bonds. The summed E-state index contributed by atoms with van der Waals surface area (Å²) in [6.07, 6.45) is 2.88. The number of nitrogens with one attached hydrogen (secondary N) is 2. The van der Waals surface area contributed by atoms with Crippen LogP contribution >= 0.6 is 11.8 Å². The molecule has 0 aliphatic carbocycles. The van der Waals surface area contributed by atoms with Crippen molar-refractivity contribution in [2.45, 2.75) is 24.8 Å². The first-order chi connectivity index (χ1) is 17.6. The second-order valence-corrected chi connectivity index (χ2v) is 9.31. The van der Waals surface area contributed by atoms with Gasteiger partial charge in [0, 0.05) is 47.2 Å². The zero-order chi connectivity index (χ0) is 25.2. The third kappa shape index (κ3) is 6.92. The minimum atomic E-state index is -0.115. The molecule has 0 saturated carbocycles. The van der Waals surface area contributed by atoms with Crippen LogP contribution < -0.4 is 15.4 Å². The monoisotopic (exact) mass is 501 g/mol. The van der Waals surface area contributed by atoms with Crippen molar-refractivity contribution in [1.29, 1.82) is 0 Å². The van der Waals surface area contributed by atoms with Crippen molar-refractivity contribution in [2.24, 2.45) is 0 Å². The van der Waals surface area contributed by atoms with Crippen molar-refractivity contribution in [3.63, 3.8) is 0 Å². The first-order valence-electron chi connectivity index (χ1n) is 12.2. The van der Waals surface area contributed by atoms with Gasteiger partial charge in [0.1, 0.15) is 5.75 Å². The number of amides is 2. The lowest BCUT2D eigenvalue weighted by Gasteiger charge is -2.08. The normalized spacial score (nSPS) is 10.8. The Labute approximate surface area is 216 Å². The Morgan fingerprint density at radius 2 is 1.64 bits per heavy atom. The SMILES string of the molecule is CCOc1ccc(C(=O)NCCn2cc(SCC(=O)NCCc3ccccc3)c3ccccc32)cc1. The maximum Gasteiger partial charge on any atom is 0.251 e. The van der Waals surface area contributed by atoms with Crippen molar-refractivity contribution in [3.05, 3.63) is 96.2 Å². The minimum absolute atomic E-state index is 0.0235. The fraction of sp³-hybridized carbons (Fsp3) is 0.241. The third-order valence-corrected chi connectivity index (χ3v) is 6.80. The van der Waals surface area contributed by atoms with E-state index in [1.54, 1.807) is 24.3 Å². The topological polar surface area (TPSA) is 72.4 Å². The van der Waals surface area contributed by atoms with E-state index in [0.717, 1.165) is 28.0 Å². The Morgan fingerprint density at radius 3 is 2.42 bits per heavy atom. The molecule has 36 heavy (non-hydrogen) atoms. The summed E-state index contributed by atoms with van der Waals surface area (Å²) in [5.41, 5.74) is 2.90. The summed E-state index contributed by atoms with van der Waals surface area (Å²) >= 11 is 1.53. The lowest BCUT2D eigenvalue weighted by molar-refractivity contribution is -0.118. The fourth-order valence-electron chi connectivity index (χ4n) is 3.96. The van der Waals surface area contributed by atoms with Gasteiger partial charge in [-0.1, -0.05) is 48.5 Å². The van der Waals surface area contributed by atoms with Gasteiger partial charge >= 0.3 is 0 Å². The van der Waals surface area contributed by atoms with E-state index in [4.69, 9.17) is 4.74 Å². The maximum absolute atomic E-state index is 12.5. The Hall–Kier alpha value is -3.71. The van der Waals surface area contributed by atoms with Crippen LogP contribution in [0.15, 0.2) is 90.0 Å². The predicted octanol–water partition coefficient (Wildman–Crippen LogP) is 4.92. The Kier molecular flexibility index (Phi) is 9.05. The number of benzene rings is 3. The van der Waals surface area contributed by atoms with E-state index >= 15 is 0 Å². The average Bonchev–Trinajstić information content (AvgIpc) is 3.26. The second kappa shape index (κ2) is 12.8. The summed E-state index contributed by atoms with van der Waals surface area (Å²) in [6, 6.07) is 25.4. The third-order valence-electron chi connectivity index (χ3n) is 5.76. The zero-order valence-electron chi connectivity index (χ0n) is 20.4. The number of carbonyl (C=O) groups excluding carboxylic acids is 2. The highest BCUT2D eigenvalue weighted by Crippen LogP contribution is 2.29. The Morgan fingerprint density at radius 1 is 0.889 bits per heavy atom. The number of hydrogen-bond donors (Lipinski definition) is 2. The molecule has 1 aromatic heterocycles. The summed E-state index contributed by atoms with van der Waals surface area (Å²) in [7, 11) is 0. The van der Waals surface area contributed by atoms with Gasteiger partial charge in [-0.05, 0) is 49.2 Å². The summed E-state index contributed by atoms with van der Waals surface area (Å²) < 4.78 is 7.56. The molecular formula is C29H31N3O3S. The first kappa shape index (κ1) is 25.4. The molecule has 1 heterocycles. The molecule has 6 nitrogen and oxygen atoms in total. The van der Waals surface area contributed by atoms with Gasteiger partial charge in [-0.3, -0.25) is 9.59 Å². The summed E-state index contributed by atoms with van der Waals surface area (Å²) in [4.78, 5) is 26.0. The number of ether oxygens (including phenoxy) is 1. The summed E-state index contributed by atoms with van der Waals surface area (Å²) in [5.74, 6) is 1.02. The van der Waals surface area contributed by atoms with Crippen LogP contribution in [-0.2, 0) is 17.8 Å². The van der Waals surface area contributed by atoms with E-state index < -0.39 is 0 Å². The largest absolute Gasteiger partial charge is 0.494 e. The van der Waals surface area contributed by atoms with Crippen LogP contribution in [0.1, 0.15) is 22.8 Å². The minimum Gasteiger partial charge on any atom is -0.494 e. The number of aromatic nitrogens is 1. The van der Waals surface area contributed by atoms with Crippen LogP contribution in [0, 0.1) is 0 Å². The van der Waals surface area contributed by atoms with Crippen molar-refractivity contribution < 1.29 is 14.3 Å². The lowest BCUT2D eigenvalue weighted by Crippen LogP contribution is -2.27. The van der Waals surface area contributed by atoms with Gasteiger partial charge < -0.3 is 19.9 Å². The van der Waals surface area contributed by atoms with E-state index in [1.165, 1.54) is 17.3 Å². The van der Waals surface area contributed by atoms with E-state index in [-0.39, 0.29) is 11.8 Å². The first-order valence-corrected chi connectivity index (χ1v) is 13.1. The van der Waals surface area contributed by atoms with E-state index in [0.29, 0.717) is 37.6 Å². The van der Waals surface area contributed by atoms with Gasteiger partial charge in [0.25, 0.3) is 5.91 Å². The number of hydrogen-bond acceptors (Lipinski definition) is 4. The zero-order valence-corrected chi connectivity index (χ0v) is 21.2. The van der Waals surface area contributed by atoms with Gasteiger partial charge in [-0.25, -0.2) is 0 Å². The molecule has 186 valence electrons. The number of nitrogens with zero attached hydrogens (tertiary/aromatic N) is 1. The van der Waals surface area contributed by atoms with Gasteiger partial charge in [-0.2, -0.15) is 0 Å². The number of thioether (sulfide) groups is 1. The Balaban J connectivity index is 1.29. The molecule has 0 radical (unpaired) electrons. The smallest absolute Gasteiger partial charge is 0.251 e. The molecule has 0 saturated heterocycles. The van der Waals surface area contributed by atoms with Gasteiger partial charge in [0.05, 0.1) is 12.4 Å². The summed E-state index contributed by atoms with van der Waals surface area (Å²) in [5, 5.41) is 7.10. The second-order valence-electron chi connectivity index (χ2n) is 8.29. The average molecular weight is 502 g/mol. The van der Waals surface area contributed by atoms with E-state index in [9.17, 15) is 9.59 Å². The highest BCUT2D eigenvalue weighted by atomic mass is 32.2. The fourth-order valence-corrected chi connectivity index (χ4v) is 4.88. The van der Waals surface area contributed by atoms with Crippen LogP contribution in [0.5, 0.6) is 5.75 Å². The lowest BCUT2D eigenvalue weighted by atomic mass is 10.1. The highest BCUT2D eigenvalue weighted by molar-refractivity contribution is 8.00. The molecule has 0 spiro atoms. The molecule has 0 unspecified atom stereocenters. The molecule has 4 aromatic rings. The van der Waals surface area contributed by atoms with Crippen LogP contribution in [0.3, 0.4) is 0 Å². The highest BCUT2D eigenvalue weighted by Gasteiger charge is 2.12. The van der Waals surface area contributed by atoms with Crippen LogP contribution in [0.25, 0.3) is 10.9 Å². The van der Waals surface area contributed by atoms with Gasteiger partial charge in [-0.15, -0.1) is 11.8 Å². The van der Waals surface area contributed by atoms with Crippen LogP contribution in [-0.4, -0.2) is 41.8 Å². The summed E-state index contributed by atoms with van der Waals surface area (Å²) in [6.45, 7) is 4.27. The van der Waals surface area contributed by atoms with Crippen LogP contribution in [0.4, 0.5) is 0 Å². The van der Waals surface area contributed by atoms with Crippen molar-refractivity contribution in [3.8, 4) is 5.75 Å². The van der Waals surface area contributed by atoms with Crippen molar-refractivity contribution in [2.75, 3.05) is 25.4 Å². The predicted molar refractivity (Wildman–Crippen MR) is 146 cm³/mol. The molecule has 0 aliphatic rings. The van der Waals surface area contributed by atoms with Gasteiger partial charge in [0.15, 0.2) is 0 Å². The number of rotatable bonds is 12. The molecule has 3 aromatic carbocycles. The standard InChI is InChI=1S/C29H31N3O3S/c1-2-35-24-14-12-23(13-15-24)29(34)31-18-19-32-20-27(25-10-6-7-11-26(25)32)36-21-28(33)30-17-16-22-8-4-3-5-9-22/h3-15,20H,2,16-19,21H2,1H3,(H,30,33)(H,31,34). The number of fused-ring (bicyclic) bond motifs is 1.